The van der Waals surface area contributed by atoms with E-state index in [-0.39, 0.29) is 19.2 Å². The predicted octanol–water partition coefficient (Wildman–Crippen LogP) is 1.03. The average molecular weight is 319 g/mol. The number of imidazole rings is 1. The van der Waals surface area contributed by atoms with E-state index in [0.717, 1.165) is 11.3 Å². The summed E-state index contributed by atoms with van der Waals surface area (Å²) in [5, 5.41) is 5.44. The zero-order chi connectivity index (χ0) is 16.5. The van der Waals surface area contributed by atoms with Crippen LogP contribution in [0.1, 0.15) is 5.82 Å². The Balaban J connectivity index is 1.62. The van der Waals surface area contributed by atoms with Crippen molar-refractivity contribution in [2.45, 2.75) is 0 Å². The van der Waals surface area contributed by atoms with Gasteiger partial charge >= 0.3 is 6.03 Å². The number of carbonyl (C=O) groups is 1. The molecule has 0 fully saturated rings. The van der Waals surface area contributed by atoms with Crippen molar-refractivity contribution in [3.05, 3.63) is 42.4 Å². The monoisotopic (exact) mass is 319 g/mol. The summed E-state index contributed by atoms with van der Waals surface area (Å²) in [5.74, 6) is 3.40. The summed E-state index contributed by atoms with van der Waals surface area (Å²) in [6.07, 6.45) is 6.98. The van der Waals surface area contributed by atoms with Crippen LogP contribution in [0.4, 0.5) is 4.79 Å². The molecular formula is C16H13N7O. The van der Waals surface area contributed by atoms with E-state index in [9.17, 15) is 4.79 Å². The fourth-order valence-corrected chi connectivity index (χ4v) is 2.55. The van der Waals surface area contributed by atoms with Gasteiger partial charge in [-0.1, -0.05) is 36.3 Å². The molecule has 0 atom stereocenters. The van der Waals surface area contributed by atoms with Gasteiger partial charge in [0.05, 0.1) is 11.9 Å². The van der Waals surface area contributed by atoms with Crippen LogP contribution in [0.3, 0.4) is 0 Å². The molecule has 1 aromatic heterocycles. The number of rotatable bonds is 3. The predicted molar refractivity (Wildman–Crippen MR) is 88.8 cm³/mol. The van der Waals surface area contributed by atoms with E-state index in [1.54, 1.807) is 6.20 Å². The lowest BCUT2D eigenvalue weighted by Crippen LogP contribution is -2.55. The molecule has 8 heteroatoms. The van der Waals surface area contributed by atoms with Crippen molar-refractivity contribution in [3.8, 4) is 23.6 Å². The Hall–Kier alpha value is -3.60. The number of hydrazine groups is 1. The van der Waals surface area contributed by atoms with E-state index < -0.39 is 0 Å². The van der Waals surface area contributed by atoms with E-state index in [4.69, 9.17) is 6.42 Å². The van der Waals surface area contributed by atoms with Gasteiger partial charge in [0.15, 0.2) is 11.7 Å². The summed E-state index contributed by atoms with van der Waals surface area (Å²) in [5.41, 5.74) is 5.08. The number of aromatic nitrogens is 2. The molecule has 118 valence electrons. The Labute approximate surface area is 137 Å². The van der Waals surface area contributed by atoms with Crippen molar-refractivity contribution in [2.24, 2.45) is 10.1 Å². The molecule has 24 heavy (non-hydrogen) atoms. The van der Waals surface area contributed by atoms with Crippen molar-refractivity contribution in [3.63, 3.8) is 0 Å². The number of benzene rings is 1. The summed E-state index contributed by atoms with van der Waals surface area (Å²) in [6, 6.07) is 9.56. The lowest BCUT2D eigenvalue weighted by molar-refractivity contribution is 0.151. The van der Waals surface area contributed by atoms with Crippen LogP contribution in [-0.2, 0) is 0 Å². The Morgan fingerprint density at radius 2 is 2.12 bits per heavy atom. The van der Waals surface area contributed by atoms with Crippen LogP contribution in [0, 0.1) is 12.3 Å². The average Bonchev–Trinajstić information content (AvgIpc) is 3.25. The number of terminal acetylenes is 1. The van der Waals surface area contributed by atoms with Crippen molar-refractivity contribution in [1.29, 1.82) is 0 Å². The highest BCUT2D eigenvalue weighted by molar-refractivity contribution is 6.49. The molecule has 0 aliphatic carbocycles. The molecule has 4 rings (SSSR count). The molecule has 3 heterocycles. The Morgan fingerprint density at radius 3 is 2.92 bits per heavy atom. The standard InChI is InChI=1S/C16H13N7O/c1-2-8-23-16(24)22-10-18-13(15(22)20-21-23)14-17-9-12(19-14)11-6-4-3-5-7-11/h1,3-7,9,21H,8,10H2,(H,17,19). The minimum Gasteiger partial charge on any atom is -0.337 e. The van der Waals surface area contributed by atoms with Crippen LogP contribution in [0.25, 0.3) is 11.3 Å². The van der Waals surface area contributed by atoms with Gasteiger partial charge in [-0.05, 0) is 5.56 Å². The highest BCUT2D eigenvalue weighted by Gasteiger charge is 2.37. The summed E-state index contributed by atoms with van der Waals surface area (Å²) in [6.45, 7) is 0.317. The summed E-state index contributed by atoms with van der Waals surface area (Å²) in [7, 11) is 0. The molecule has 8 nitrogen and oxygen atoms in total. The number of H-pyrrole nitrogens is 1. The van der Waals surface area contributed by atoms with Crippen LogP contribution < -0.4 is 5.53 Å². The second kappa shape index (κ2) is 5.55. The maximum atomic E-state index is 12.3. The maximum Gasteiger partial charge on any atom is 0.348 e. The quantitative estimate of drug-likeness (QED) is 0.828. The number of hydrazone groups is 1. The summed E-state index contributed by atoms with van der Waals surface area (Å²) >= 11 is 0. The molecule has 2 N–H and O–H groups in total. The van der Waals surface area contributed by atoms with Crippen molar-refractivity contribution in [2.75, 3.05) is 13.2 Å². The molecule has 2 aromatic rings. The molecule has 0 saturated carbocycles. The number of carbonyl (C=O) groups excluding carboxylic acids is 1. The Kier molecular flexibility index (Phi) is 3.24. The number of nitrogens with one attached hydrogen (secondary N) is 2. The van der Waals surface area contributed by atoms with Crippen LogP contribution in [0.15, 0.2) is 46.6 Å². The molecule has 0 bridgehead atoms. The van der Waals surface area contributed by atoms with Gasteiger partial charge in [-0.15, -0.1) is 11.5 Å². The highest BCUT2D eigenvalue weighted by Crippen LogP contribution is 2.19. The lowest BCUT2D eigenvalue weighted by atomic mass is 10.2. The third-order valence-corrected chi connectivity index (χ3v) is 3.71. The zero-order valence-electron chi connectivity index (χ0n) is 12.6. The first-order valence-electron chi connectivity index (χ1n) is 7.29. The van der Waals surface area contributed by atoms with Crippen molar-refractivity contribution < 1.29 is 4.79 Å². The number of hydrogen-bond donors (Lipinski definition) is 2. The van der Waals surface area contributed by atoms with Crippen LogP contribution in [0.2, 0.25) is 0 Å². The van der Waals surface area contributed by atoms with E-state index in [1.165, 1.54) is 9.91 Å². The second-order valence-corrected chi connectivity index (χ2v) is 5.20. The van der Waals surface area contributed by atoms with E-state index >= 15 is 0 Å². The minimum absolute atomic E-state index is 0.125. The fraction of sp³-hybridized carbons (Fsp3) is 0.125. The smallest absolute Gasteiger partial charge is 0.337 e. The molecule has 0 radical (unpaired) electrons. The number of urea groups is 1. The summed E-state index contributed by atoms with van der Waals surface area (Å²) < 4.78 is 0. The van der Waals surface area contributed by atoms with Gasteiger partial charge in [-0.25, -0.2) is 20.3 Å². The van der Waals surface area contributed by atoms with Gasteiger partial charge in [0, 0.05) is 0 Å². The van der Waals surface area contributed by atoms with Gasteiger partial charge in [-0.3, -0.25) is 9.89 Å². The molecular weight excluding hydrogens is 306 g/mol. The Morgan fingerprint density at radius 1 is 1.29 bits per heavy atom. The molecule has 2 aliphatic heterocycles. The Bertz CT molecular complexity index is 891. The third-order valence-electron chi connectivity index (χ3n) is 3.71. The van der Waals surface area contributed by atoms with Crippen molar-refractivity contribution in [1.82, 2.24) is 25.4 Å². The SMILES string of the molecule is C#CCN1NN=C2C(c3ncc(-c4ccccc4)[nH]3)=NCN2C1=O. The lowest BCUT2D eigenvalue weighted by Gasteiger charge is -2.29. The number of hydrogen-bond acceptors (Lipinski definition) is 5. The topological polar surface area (TPSA) is 89.0 Å². The molecule has 1 aromatic carbocycles. The van der Waals surface area contributed by atoms with Gasteiger partial charge in [0.1, 0.15) is 18.9 Å². The van der Waals surface area contributed by atoms with Crippen molar-refractivity contribution >= 4 is 17.6 Å². The first-order valence-corrected chi connectivity index (χ1v) is 7.29. The van der Waals surface area contributed by atoms with Gasteiger partial charge in [-0.2, -0.15) is 0 Å². The van der Waals surface area contributed by atoms with E-state index in [1.807, 2.05) is 30.3 Å². The normalized spacial score (nSPS) is 16.2. The van der Waals surface area contributed by atoms with Crippen LogP contribution >= 0.6 is 0 Å². The number of nitrogens with zero attached hydrogens (tertiary/aromatic N) is 5. The van der Waals surface area contributed by atoms with E-state index in [0.29, 0.717) is 17.4 Å². The van der Waals surface area contributed by atoms with Gasteiger partial charge in [0.2, 0.25) is 0 Å². The summed E-state index contributed by atoms with van der Waals surface area (Å²) in [4.78, 5) is 25.7. The van der Waals surface area contributed by atoms with Crippen LogP contribution in [-0.4, -0.2) is 50.7 Å². The first kappa shape index (κ1) is 14.0. The molecule has 0 spiro atoms. The third kappa shape index (κ3) is 2.19. The number of aliphatic imine (C=N–C) groups is 1. The first-order chi connectivity index (χ1) is 11.8. The van der Waals surface area contributed by atoms with Gasteiger partial charge < -0.3 is 4.98 Å². The highest BCUT2D eigenvalue weighted by atomic mass is 16.2. The fourth-order valence-electron chi connectivity index (χ4n) is 2.55. The second-order valence-electron chi connectivity index (χ2n) is 5.20. The number of aromatic amines is 1. The number of amides is 2. The molecule has 2 amide bonds. The number of amidine groups is 1. The zero-order valence-corrected chi connectivity index (χ0v) is 12.6. The molecule has 0 saturated heterocycles. The minimum atomic E-state index is -0.286. The van der Waals surface area contributed by atoms with Crippen LogP contribution in [0.5, 0.6) is 0 Å². The van der Waals surface area contributed by atoms with Gasteiger partial charge in [0.25, 0.3) is 0 Å². The number of fused-ring (bicyclic) bond motifs is 1. The maximum absolute atomic E-state index is 12.3. The largest absolute Gasteiger partial charge is 0.348 e. The molecule has 2 aliphatic rings. The van der Waals surface area contributed by atoms with E-state index in [2.05, 4.69) is 31.5 Å². The molecule has 0 unspecified atom stereocenters.